The third kappa shape index (κ3) is 23.0. The van der Waals surface area contributed by atoms with E-state index in [2.05, 4.69) is 6.92 Å². The molecular weight excluding hydrogens is 337 g/mol. The normalized spacial score (nSPS) is 11.8. The third-order valence-electron chi connectivity index (χ3n) is 4.66. The molecule has 25 heavy (non-hydrogen) atoms. The van der Waals surface area contributed by atoms with Gasteiger partial charge in [-0.2, -0.15) is 0 Å². The van der Waals surface area contributed by atoms with Gasteiger partial charge in [0.2, 0.25) is 0 Å². The van der Waals surface area contributed by atoms with Crippen molar-refractivity contribution < 1.29 is 9.53 Å². The quantitative estimate of drug-likeness (QED) is 0.140. The summed E-state index contributed by atoms with van der Waals surface area (Å²) in [5.41, 5.74) is 5.76. The van der Waals surface area contributed by atoms with E-state index in [0.717, 1.165) is 12.8 Å². The maximum atomic E-state index is 11.1. The topological polar surface area (TPSA) is 52.3 Å². The second-order valence-corrected chi connectivity index (χ2v) is 7.12. The van der Waals surface area contributed by atoms with Gasteiger partial charge in [0.1, 0.15) is 0 Å². The van der Waals surface area contributed by atoms with E-state index in [1.165, 1.54) is 89.9 Å². The van der Waals surface area contributed by atoms with Crippen LogP contribution in [0.5, 0.6) is 0 Å². The number of esters is 1. The molecule has 1 atom stereocenters. The van der Waals surface area contributed by atoms with Crippen LogP contribution in [-0.4, -0.2) is 63.6 Å². The van der Waals surface area contributed by atoms with Crippen molar-refractivity contribution in [1.29, 1.82) is 0 Å². The van der Waals surface area contributed by atoms with Gasteiger partial charge in [0.25, 0.3) is 0 Å². The Morgan fingerprint density at radius 2 is 1.08 bits per heavy atom. The molecule has 1 unspecified atom stereocenters. The van der Waals surface area contributed by atoms with Gasteiger partial charge in [-0.3, -0.25) is 10.5 Å². The molecule has 0 aromatic carbocycles. The van der Waals surface area contributed by atoms with Crippen LogP contribution >= 0.6 is 0 Å². The molecule has 0 aliphatic heterocycles. The Kier molecular flexibility index (Phi) is 26.1. The standard InChI is InChI=1S/C21H43NO2.K.H/c1-3-5-6-7-8-9-10-11-12-13-14-15-16-17-18-19-20(22)24-21(23)4-2;;/h20H,3-19,22H2,1-2H3;;. The van der Waals surface area contributed by atoms with Crippen LogP contribution in [0.15, 0.2) is 0 Å². The average molecular weight is 382 g/mol. The summed E-state index contributed by atoms with van der Waals surface area (Å²) in [6.07, 6.45) is 21.2. The van der Waals surface area contributed by atoms with Crippen molar-refractivity contribution in [3.05, 3.63) is 0 Å². The summed E-state index contributed by atoms with van der Waals surface area (Å²) >= 11 is 0. The summed E-state index contributed by atoms with van der Waals surface area (Å²) in [5.74, 6) is -0.191. The van der Waals surface area contributed by atoms with Crippen molar-refractivity contribution >= 4 is 57.4 Å². The zero-order valence-corrected chi connectivity index (χ0v) is 16.5. The Bertz CT molecular complexity index is 275. The predicted molar refractivity (Wildman–Crippen MR) is 111 cm³/mol. The van der Waals surface area contributed by atoms with Crippen LogP contribution in [0.25, 0.3) is 0 Å². The van der Waals surface area contributed by atoms with Gasteiger partial charge in [-0.15, -0.1) is 0 Å². The van der Waals surface area contributed by atoms with Crippen molar-refractivity contribution in [2.24, 2.45) is 5.73 Å². The molecule has 0 heterocycles. The molecule has 0 rings (SSSR count). The van der Waals surface area contributed by atoms with E-state index < -0.39 is 6.23 Å². The van der Waals surface area contributed by atoms with E-state index >= 15 is 0 Å². The SMILES string of the molecule is CCCCCCCCCCCCCCCCCC(N)OC(=O)CC.[KH]. The average Bonchev–Trinajstić information content (AvgIpc) is 2.58. The molecule has 146 valence electrons. The van der Waals surface area contributed by atoms with Gasteiger partial charge >= 0.3 is 57.4 Å². The van der Waals surface area contributed by atoms with Crippen LogP contribution in [-0.2, 0) is 9.53 Å². The van der Waals surface area contributed by atoms with Crippen LogP contribution in [0.4, 0.5) is 0 Å². The second kappa shape index (κ2) is 23.1. The molecule has 0 fully saturated rings. The maximum absolute atomic E-state index is 11.1. The molecule has 0 aliphatic carbocycles. The van der Waals surface area contributed by atoms with E-state index in [4.69, 9.17) is 10.5 Å². The van der Waals surface area contributed by atoms with Gasteiger partial charge in [0.15, 0.2) is 6.23 Å². The number of hydrogen-bond donors (Lipinski definition) is 1. The van der Waals surface area contributed by atoms with Crippen molar-refractivity contribution in [3.63, 3.8) is 0 Å². The fraction of sp³-hybridized carbons (Fsp3) is 0.952. The Balaban J connectivity index is 0. The monoisotopic (exact) mass is 381 g/mol. The van der Waals surface area contributed by atoms with Crippen LogP contribution in [0.1, 0.15) is 123 Å². The number of hydrogen-bond acceptors (Lipinski definition) is 3. The molecule has 4 heteroatoms. The Morgan fingerprint density at radius 3 is 1.44 bits per heavy atom. The molecular formula is C21H44KNO2. The molecule has 2 N–H and O–H groups in total. The fourth-order valence-corrected chi connectivity index (χ4v) is 3.03. The summed E-state index contributed by atoms with van der Waals surface area (Å²) in [7, 11) is 0. The zero-order valence-electron chi connectivity index (χ0n) is 16.5. The van der Waals surface area contributed by atoms with Gasteiger partial charge in [-0.25, -0.2) is 0 Å². The number of carbonyl (C=O) groups excluding carboxylic acids is 1. The first-order chi connectivity index (χ1) is 11.7. The Hall–Kier alpha value is 1.07. The molecule has 0 bridgehead atoms. The van der Waals surface area contributed by atoms with Gasteiger partial charge in [-0.1, -0.05) is 104 Å². The van der Waals surface area contributed by atoms with Gasteiger partial charge in [0, 0.05) is 6.42 Å². The Morgan fingerprint density at radius 1 is 0.720 bits per heavy atom. The van der Waals surface area contributed by atoms with Crippen molar-refractivity contribution in [3.8, 4) is 0 Å². The number of rotatable bonds is 18. The van der Waals surface area contributed by atoms with Crippen molar-refractivity contribution in [1.82, 2.24) is 0 Å². The van der Waals surface area contributed by atoms with E-state index in [1.807, 2.05) is 0 Å². The summed E-state index contributed by atoms with van der Waals surface area (Å²) in [5, 5.41) is 0. The second-order valence-electron chi connectivity index (χ2n) is 7.12. The zero-order chi connectivity index (χ0) is 17.9. The van der Waals surface area contributed by atoms with E-state index in [1.54, 1.807) is 6.92 Å². The summed E-state index contributed by atoms with van der Waals surface area (Å²) in [4.78, 5) is 11.1. The molecule has 0 saturated heterocycles. The van der Waals surface area contributed by atoms with E-state index in [9.17, 15) is 4.79 Å². The number of unbranched alkanes of at least 4 members (excludes halogenated alkanes) is 14. The molecule has 0 aliphatic rings. The van der Waals surface area contributed by atoms with Gasteiger partial charge < -0.3 is 4.74 Å². The molecule has 0 saturated carbocycles. The van der Waals surface area contributed by atoms with Crippen LogP contribution < -0.4 is 5.73 Å². The first-order valence-electron chi connectivity index (χ1n) is 10.7. The summed E-state index contributed by atoms with van der Waals surface area (Å²) in [6, 6.07) is 0. The van der Waals surface area contributed by atoms with Crippen molar-refractivity contribution in [2.75, 3.05) is 0 Å². The molecule has 0 amide bonds. The summed E-state index contributed by atoms with van der Waals surface area (Å²) in [6.45, 7) is 4.07. The van der Waals surface area contributed by atoms with Crippen molar-refractivity contribution in [2.45, 2.75) is 129 Å². The Labute approximate surface area is 200 Å². The van der Waals surface area contributed by atoms with E-state index in [0.29, 0.717) is 6.42 Å². The van der Waals surface area contributed by atoms with Crippen LogP contribution in [0.2, 0.25) is 0 Å². The first-order valence-corrected chi connectivity index (χ1v) is 10.7. The van der Waals surface area contributed by atoms with E-state index in [-0.39, 0.29) is 57.4 Å². The molecule has 0 spiro atoms. The number of carbonyl (C=O) groups is 1. The minimum atomic E-state index is -0.403. The fourth-order valence-electron chi connectivity index (χ4n) is 3.03. The molecule has 0 aromatic heterocycles. The summed E-state index contributed by atoms with van der Waals surface area (Å²) < 4.78 is 5.06. The van der Waals surface area contributed by atoms with Crippen LogP contribution in [0.3, 0.4) is 0 Å². The number of nitrogens with two attached hydrogens (primary N) is 1. The molecule has 0 aromatic rings. The van der Waals surface area contributed by atoms with Gasteiger partial charge in [0.05, 0.1) is 0 Å². The molecule has 3 nitrogen and oxygen atoms in total. The van der Waals surface area contributed by atoms with Gasteiger partial charge in [-0.05, 0) is 12.8 Å². The minimum absolute atomic E-state index is 0. The molecule has 0 radical (unpaired) electrons. The number of ether oxygens (including phenoxy) is 1. The third-order valence-corrected chi connectivity index (χ3v) is 4.66. The van der Waals surface area contributed by atoms with Crippen LogP contribution in [0, 0.1) is 0 Å². The first kappa shape index (κ1) is 28.3. The predicted octanol–water partition coefficient (Wildman–Crippen LogP) is 5.84.